The van der Waals surface area contributed by atoms with Crippen molar-refractivity contribution in [2.75, 3.05) is 31.2 Å². The summed E-state index contributed by atoms with van der Waals surface area (Å²) in [6.45, 7) is 4.10. The molecule has 0 atom stereocenters. The van der Waals surface area contributed by atoms with E-state index in [2.05, 4.69) is 25.0 Å². The van der Waals surface area contributed by atoms with Gasteiger partial charge in [0, 0.05) is 45.2 Å². The van der Waals surface area contributed by atoms with Crippen molar-refractivity contribution < 1.29 is 14.6 Å². The van der Waals surface area contributed by atoms with Gasteiger partial charge in [0.15, 0.2) is 5.65 Å². The molecule has 0 unspecified atom stereocenters. The van der Waals surface area contributed by atoms with E-state index in [1.165, 1.54) is 6.20 Å². The third kappa shape index (κ3) is 4.36. The molecule has 0 amide bonds. The average molecular weight is 516 g/mol. The summed E-state index contributed by atoms with van der Waals surface area (Å²) in [4.78, 5) is 41.1. The molecule has 0 bridgehead atoms. The van der Waals surface area contributed by atoms with Crippen LogP contribution in [0.2, 0.25) is 0 Å². The third-order valence-electron chi connectivity index (χ3n) is 7.04. The van der Waals surface area contributed by atoms with Crippen LogP contribution in [0.4, 0.5) is 11.5 Å². The van der Waals surface area contributed by atoms with Crippen LogP contribution in [-0.2, 0) is 11.8 Å². The molecule has 6 rings (SSSR count). The molecule has 1 saturated heterocycles. The number of aromatic nitrogens is 7. The monoisotopic (exact) mass is 515 g/mol. The van der Waals surface area contributed by atoms with Crippen molar-refractivity contribution in [1.82, 2.24) is 34.7 Å². The Balaban J connectivity index is 1.42. The number of esters is 1. The van der Waals surface area contributed by atoms with Gasteiger partial charge in [0.05, 0.1) is 28.8 Å². The Labute approximate surface area is 217 Å². The number of aliphatic hydroxyl groups is 1. The van der Waals surface area contributed by atoms with Gasteiger partial charge in [-0.2, -0.15) is 4.98 Å². The largest absolute Gasteiger partial charge is 0.462 e. The minimum atomic E-state index is -0.429. The van der Waals surface area contributed by atoms with Crippen molar-refractivity contribution in [1.29, 1.82) is 0 Å². The van der Waals surface area contributed by atoms with Crippen LogP contribution in [0.15, 0.2) is 35.6 Å². The molecular formula is C26H29N9O3. The van der Waals surface area contributed by atoms with Gasteiger partial charge in [-0.1, -0.05) is 0 Å². The maximum Gasteiger partial charge on any atom is 0.339 e. The highest BCUT2D eigenvalue weighted by Gasteiger charge is 2.20. The van der Waals surface area contributed by atoms with E-state index in [0.717, 1.165) is 49.2 Å². The Hall–Kier alpha value is -4.32. The fourth-order valence-electron chi connectivity index (χ4n) is 5.11. The molecule has 12 nitrogen and oxygen atoms in total. The number of rotatable bonds is 6. The van der Waals surface area contributed by atoms with Crippen LogP contribution in [0.5, 0.6) is 0 Å². The summed E-state index contributed by atoms with van der Waals surface area (Å²) >= 11 is 0. The number of H-pyrrole nitrogens is 2. The first-order chi connectivity index (χ1) is 18.5. The Morgan fingerprint density at radius 1 is 1.21 bits per heavy atom. The van der Waals surface area contributed by atoms with Crippen LogP contribution in [-0.4, -0.2) is 72.1 Å². The van der Waals surface area contributed by atoms with Gasteiger partial charge in [-0.05, 0) is 44.2 Å². The van der Waals surface area contributed by atoms with Crippen molar-refractivity contribution >= 4 is 50.7 Å². The molecule has 6 heterocycles. The van der Waals surface area contributed by atoms with E-state index in [1.807, 2.05) is 19.2 Å². The summed E-state index contributed by atoms with van der Waals surface area (Å²) in [5.41, 5.74) is 4.65. The summed E-state index contributed by atoms with van der Waals surface area (Å²) in [6.07, 6.45) is 6.19. The van der Waals surface area contributed by atoms with E-state index in [1.54, 1.807) is 23.9 Å². The number of hydrogen-bond acceptors (Lipinski definition) is 9. The van der Waals surface area contributed by atoms with Crippen LogP contribution in [0, 0.1) is 5.92 Å². The summed E-state index contributed by atoms with van der Waals surface area (Å²) < 4.78 is 6.93. The molecule has 5 aromatic heterocycles. The highest BCUT2D eigenvalue weighted by Crippen LogP contribution is 2.28. The Morgan fingerprint density at radius 3 is 2.84 bits per heavy atom. The van der Waals surface area contributed by atoms with E-state index in [-0.39, 0.29) is 13.2 Å². The smallest absolute Gasteiger partial charge is 0.339 e. The van der Waals surface area contributed by atoms with E-state index in [0.29, 0.717) is 45.0 Å². The van der Waals surface area contributed by atoms with Gasteiger partial charge in [0.2, 0.25) is 0 Å². The number of fused-ring (bicyclic) bond motifs is 2. The average Bonchev–Trinajstić information content (AvgIpc) is 3.24. The summed E-state index contributed by atoms with van der Waals surface area (Å²) in [7, 11) is 1.87. The predicted molar refractivity (Wildman–Crippen MR) is 142 cm³/mol. The number of anilines is 1. The van der Waals surface area contributed by atoms with E-state index in [9.17, 15) is 9.90 Å². The topological polar surface area (TPSA) is 150 Å². The lowest BCUT2D eigenvalue weighted by atomic mass is 9.94. The highest BCUT2D eigenvalue weighted by atomic mass is 16.5. The second-order valence-corrected chi connectivity index (χ2v) is 9.51. The number of aliphatic hydroxyl groups excluding tert-OH is 1. The van der Waals surface area contributed by atoms with Crippen molar-refractivity contribution in [2.45, 2.75) is 26.2 Å². The Morgan fingerprint density at radius 2 is 2.05 bits per heavy atom. The van der Waals surface area contributed by atoms with E-state index in [4.69, 9.17) is 19.7 Å². The molecular weight excluding hydrogens is 486 g/mol. The zero-order chi connectivity index (χ0) is 26.2. The maximum absolute atomic E-state index is 12.3. The van der Waals surface area contributed by atoms with Crippen LogP contribution in [0.1, 0.15) is 36.5 Å². The molecule has 12 heteroatoms. The lowest BCUT2D eigenvalue weighted by Gasteiger charge is -2.32. The number of piperidine rings is 1. The van der Waals surface area contributed by atoms with Crippen LogP contribution in [0.3, 0.4) is 0 Å². The molecule has 1 aliphatic heterocycles. The van der Waals surface area contributed by atoms with Gasteiger partial charge in [-0.15, -0.1) is 0 Å². The first-order valence-corrected chi connectivity index (χ1v) is 12.8. The Bertz CT molecular complexity index is 1710. The molecule has 0 spiro atoms. The summed E-state index contributed by atoms with van der Waals surface area (Å²) in [5.74, 6) is 1.00. The van der Waals surface area contributed by atoms with Gasteiger partial charge >= 0.3 is 5.97 Å². The van der Waals surface area contributed by atoms with Gasteiger partial charge in [-0.3, -0.25) is 14.8 Å². The Kier molecular flexibility index (Phi) is 6.24. The number of carbonyl (C=O) groups excluding carboxylic acids is 1. The molecule has 196 valence electrons. The normalized spacial score (nSPS) is 15.2. The number of pyridine rings is 3. The molecule has 38 heavy (non-hydrogen) atoms. The van der Waals surface area contributed by atoms with Gasteiger partial charge in [0.1, 0.15) is 22.5 Å². The molecule has 0 aliphatic carbocycles. The number of carbonyl (C=O) groups is 1. The fraction of sp³-hybridized carbons (Fsp3) is 0.385. The van der Waals surface area contributed by atoms with Gasteiger partial charge < -0.3 is 19.7 Å². The SMILES string of the molecule is CCOC(=O)c1cnc2c(c1)[nH]c1[nH]n(C)c3nc(=Nc4ccnc(N5CCC(CCO)CC5)c4)nc2c13. The molecule has 5 aromatic rings. The second-order valence-electron chi connectivity index (χ2n) is 9.51. The maximum atomic E-state index is 12.3. The fourth-order valence-corrected chi connectivity index (χ4v) is 5.11. The molecule has 1 aliphatic rings. The third-order valence-corrected chi connectivity index (χ3v) is 7.04. The van der Waals surface area contributed by atoms with E-state index < -0.39 is 5.97 Å². The van der Waals surface area contributed by atoms with Crippen molar-refractivity contribution in [3.8, 4) is 0 Å². The van der Waals surface area contributed by atoms with Crippen LogP contribution in [0.25, 0.3) is 33.2 Å². The highest BCUT2D eigenvalue weighted by molar-refractivity contribution is 6.13. The van der Waals surface area contributed by atoms with Gasteiger partial charge in [0.25, 0.3) is 5.62 Å². The van der Waals surface area contributed by atoms with Gasteiger partial charge in [-0.25, -0.2) is 19.8 Å². The van der Waals surface area contributed by atoms with Crippen molar-refractivity contribution in [3.05, 3.63) is 41.8 Å². The summed E-state index contributed by atoms with van der Waals surface area (Å²) in [5, 5.41) is 13.3. The number of nitrogens with one attached hydrogen (secondary N) is 2. The zero-order valence-corrected chi connectivity index (χ0v) is 21.3. The summed E-state index contributed by atoms with van der Waals surface area (Å²) in [6, 6.07) is 5.50. The number of aromatic amines is 2. The van der Waals surface area contributed by atoms with Crippen LogP contribution < -0.4 is 10.5 Å². The molecule has 1 fully saturated rings. The molecule has 0 saturated carbocycles. The number of ether oxygens (including phenoxy) is 1. The number of aryl methyl sites for hydroxylation is 1. The number of nitrogens with zero attached hydrogens (tertiary/aromatic N) is 7. The number of hydrogen-bond donors (Lipinski definition) is 3. The molecule has 3 N–H and O–H groups in total. The zero-order valence-electron chi connectivity index (χ0n) is 21.3. The minimum absolute atomic E-state index is 0.243. The van der Waals surface area contributed by atoms with Crippen LogP contribution >= 0.6 is 0 Å². The standard InChI is InChI=1S/C26H29N9O3/c1-3-38-25(37)16-12-18-21(28-14-16)22-20-23(30-18)33-34(2)24(20)32-26(31-22)29-17-4-8-27-19(13-17)35-9-5-15(6-10-35)7-11-36/h4,8,12-15,30,33,36H,3,5-7,9-11H2,1-2H3. The lowest BCUT2D eigenvalue weighted by Crippen LogP contribution is -2.34. The second kappa shape index (κ2) is 9.86. The van der Waals surface area contributed by atoms with Crippen molar-refractivity contribution in [3.63, 3.8) is 0 Å². The molecule has 0 aromatic carbocycles. The first-order valence-electron chi connectivity index (χ1n) is 12.8. The van der Waals surface area contributed by atoms with Crippen molar-refractivity contribution in [2.24, 2.45) is 18.0 Å². The molecule has 0 radical (unpaired) electrons. The quantitative estimate of drug-likeness (QED) is 0.231. The van der Waals surface area contributed by atoms with E-state index >= 15 is 0 Å². The first kappa shape index (κ1) is 24.0. The predicted octanol–water partition coefficient (Wildman–Crippen LogP) is 2.73. The lowest BCUT2D eigenvalue weighted by molar-refractivity contribution is 0.0526. The minimum Gasteiger partial charge on any atom is -0.462 e.